The molecule has 0 aliphatic heterocycles. The standard InChI is InChI=1S/C14H12BrN5/c1-9-13(18-6-5-17-9)14-12(16)8-20(19-14)11-4-2-3-10(15)7-11/h2-8H,16H2,1H3. The first-order chi connectivity index (χ1) is 9.65. The van der Waals surface area contributed by atoms with Gasteiger partial charge in [0.1, 0.15) is 11.4 Å². The van der Waals surface area contributed by atoms with Crippen LogP contribution in [0.3, 0.4) is 0 Å². The number of hydrogen-bond acceptors (Lipinski definition) is 4. The Morgan fingerprint density at radius 2 is 1.95 bits per heavy atom. The van der Waals surface area contributed by atoms with Crippen LogP contribution in [-0.2, 0) is 0 Å². The number of nitrogen functional groups attached to an aromatic ring is 1. The van der Waals surface area contributed by atoms with Crippen molar-refractivity contribution >= 4 is 21.6 Å². The van der Waals surface area contributed by atoms with E-state index in [-0.39, 0.29) is 0 Å². The third kappa shape index (κ3) is 2.30. The van der Waals surface area contributed by atoms with E-state index in [1.54, 1.807) is 23.3 Å². The van der Waals surface area contributed by atoms with E-state index in [4.69, 9.17) is 5.73 Å². The topological polar surface area (TPSA) is 69.6 Å². The number of aryl methyl sites for hydroxylation is 1. The van der Waals surface area contributed by atoms with Gasteiger partial charge in [0.15, 0.2) is 0 Å². The molecule has 100 valence electrons. The van der Waals surface area contributed by atoms with Crippen molar-refractivity contribution in [2.24, 2.45) is 0 Å². The zero-order valence-electron chi connectivity index (χ0n) is 10.8. The fraction of sp³-hybridized carbons (Fsp3) is 0.0714. The number of aromatic nitrogens is 4. The summed E-state index contributed by atoms with van der Waals surface area (Å²) in [6, 6.07) is 7.85. The molecule has 6 heteroatoms. The van der Waals surface area contributed by atoms with Crippen molar-refractivity contribution in [1.29, 1.82) is 0 Å². The van der Waals surface area contributed by atoms with E-state index < -0.39 is 0 Å². The van der Waals surface area contributed by atoms with Gasteiger partial charge in [0.25, 0.3) is 0 Å². The average molecular weight is 330 g/mol. The number of benzene rings is 1. The van der Waals surface area contributed by atoms with Crippen molar-refractivity contribution in [1.82, 2.24) is 19.7 Å². The summed E-state index contributed by atoms with van der Waals surface area (Å²) in [6.45, 7) is 1.89. The monoisotopic (exact) mass is 329 g/mol. The Bertz CT molecular complexity index is 766. The molecule has 0 bridgehead atoms. The van der Waals surface area contributed by atoms with Crippen LogP contribution in [0.1, 0.15) is 5.69 Å². The van der Waals surface area contributed by atoms with E-state index in [9.17, 15) is 0 Å². The highest BCUT2D eigenvalue weighted by Gasteiger charge is 2.13. The van der Waals surface area contributed by atoms with Gasteiger partial charge in [-0.2, -0.15) is 5.10 Å². The van der Waals surface area contributed by atoms with Crippen LogP contribution >= 0.6 is 15.9 Å². The highest BCUT2D eigenvalue weighted by atomic mass is 79.9. The number of halogens is 1. The van der Waals surface area contributed by atoms with Crippen molar-refractivity contribution < 1.29 is 0 Å². The molecule has 2 heterocycles. The van der Waals surface area contributed by atoms with E-state index in [0.29, 0.717) is 17.1 Å². The summed E-state index contributed by atoms with van der Waals surface area (Å²) >= 11 is 3.45. The predicted molar refractivity (Wildman–Crippen MR) is 81.4 cm³/mol. The highest BCUT2D eigenvalue weighted by molar-refractivity contribution is 9.10. The van der Waals surface area contributed by atoms with Gasteiger partial charge in [-0.15, -0.1) is 0 Å². The van der Waals surface area contributed by atoms with Gasteiger partial charge in [-0.25, -0.2) is 4.68 Å². The first-order valence-corrected chi connectivity index (χ1v) is 6.83. The second-order valence-corrected chi connectivity index (χ2v) is 5.26. The number of nitrogens with two attached hydrogens (primary N) is 1. The van der Waals surface area contributed by atoms with Crippen molar-refractivity contribution in [3.05, 3.63) is 53.0 Å². The van der Waals surface area contributed by atoms with Gasteiger partial charge in [0.05, 0.1) is 23.3 Å². The summed E-state index contributed by atoms with van der Waals surface area (Å²) in [5.41, 5.74) is 9.72. The quantitative estimate of drug-likeness (QED) is 0.784. The van der Waals surface area contributed by atoms with Crippen LogP contribution in [0.25, 0.3) is 17.1 Å². The SMILES string of the molecule is Cc1nccnc1-c1nn(-c2cccc(Br)c2)cc1N. The van der Waals surface area contributed by atoms with Crippen molar-refractivity contribution in [3.63, 3.8) is 0 Å². The van der Waals surface area contributed by atoms with Gasteiger partial charge >= 0.3 is 0 Å². The maximum Gasteiger partial charge on any atom is 0.136 e. The Kier molecular flexibility index (Phi) is 3.23. The Labute approximate surface area is 124 Å². The second-order valence-electron chi connectivity index (χ2n) is 4.35. The van der Waals surface area contributed by atoms with Crippen LogP contribution < -0.4 is 5.73 Å². The fourth-order valence-electron chi connectivity index (χ4n) is 1.96. The van der Waals surface area contributed by atoms with Gasteiger partial charge in [0, 0.05) is 16.9 Å². The molecule has 0 saturated heterocycles. The minimum absolute atomic E-state index is 0.577. The number of anilines is 1. The summed E-state index contributed by atoms with van der Waals surface area (Å²) in [6.07, 6.45) is 5.07. The minimum atomic E-state index is 0.577. The predicted octanol–water partition coefficient (Wildman–Crippen LogP) is 2.98. The molecule has 1 aromatic carbocycles. The fourth-order valence-corrected chi connectivity index (χ4v) is 2.35. The Balaban J connectivity index is 2.10. The van der Waals surface area contributed by atoms with E-state index in [1.807, 2.05) is 31.2 Å². The van der Waals surface area contributed by atoms with Crippen LogP contribution in [0, 0.1) is 6.92 Å². The molecule has 2 N–H and O–H groups in total. The molecule has 0 fully saturated rings. The summed E-state index contributed by atoms with van der Waals surface area (Å²) in [7, 11) is 0. The van der Waals surface area contributed by atoms with Gasteiger partial charge in [-0.1, -0.05) is 22.0 Å². The molecule has 5 nitrogen and oxygen atoms in total. The first kappa shape index (κ1) is 12.8. The molecule has 0 saturated carbocycles. The van der Waals surface area contributed by atoms with E-state index in [1.165, 1.54) is 0 Å². The van der Waals surface area contributed by atoms with E-state index in [2.05, 4.69) is 31.0 Å². The van der Waals surface area contributed by atoms with Crippen LogP contribution in [0.15, 0.2) is 47.3 Å². The molecule has 0 spiro atoms. The lowest BCUT2D eigenvalue weighted by molar-refractivity contribution is 0.880. The van der Waals surface area contributed by atoms with Crippen molar-refractivity contribution in [3.8, 4) is 17.1 Å². The molecule has 0 atom stereocenters. The molecular formula is C14H12BrN5. The third-order valence-corrected chi connectivity index (χ3v) is 3.41. The molecule has 0 aliphatic rings. The smallest absolute Gasteiger partial charge is 0.136 e. The lowest BCUT2D eigenvalue weighted by atomic mass is 10.2. The number of nitrogens with zero attached hydrogens (tertiary/aromatic N) is 4. The number of hydrogen-bond donors (Lipinski definition) is 1. The second kappa shape index (κ2) is 5.05. The van der Waals surface area contributed by atoms with Crippen LogP contribution in [0.4, 0.5) is 5.69 Å². The molecule has 20 heavy (non-hydrogen) atoms. The normalized spacial score (nSPS) is 10.7. The van der Waals surface area contributed by atoms with Crippen LogP contribution in [0.5, 0.6) is 0 Å². The zero-order chi connectivity index (χ0) is 14.1. The molecule has 0 unspecified atom stereocenters. The molecule has 2 aromatic heterocycles. The molecule has 3 aromatic rings. The van der Waals surface area contributed by atoms with Crippen molar-refractivity contribution in [2.45, 2.75) is 6.92 Å². The van der Waals surface area contributed by atoms with Crippen molar-refractivity contribution in [2.75, 3.05) is 5.73 Å². The third-order valence-electron chi connectivity index (χ3n) is 2.92. The van der Waals surface area contributed by atoms with Gasteiger partial charge in [-0.05, 0) is 25.1 Å². The summed E-state index contributed by atoms with van der Waals surface area (Å²) in [5, 5.41) is 4.52. The van der Waals surface area contributed by atoms with Crippen LogP contribution in [0.2, 0.25) is 0 Å². The maximum atomic E-state index is 6.05. The first-order valence-electron chi connectivity index (χ1n) is 6.04. The Morgan fingerprint density at radius 3 is 2.70 bits per heavy atom. The van der Waals surface area contributed by atoms with Crippen LogP contribution in [-0.4, -0.2) is 19.7 Å². The van der Waals surface area contributed by atoms with E-state index in [0.717, 1.165) is 15.9 Å². The van der Waals surface area contributed by atoms with E-state index >= 15 is 0 Å². The summed E-state index contributed by atoms with van der Waals surface area (Å²) in [5.74, 6) is 0. The molecular weight excluding hydrogens is 318 g/mol. The number of rotatable bonds is 2. The maximum absolute atomic E-state index is 6.05. The Hall–Kier alpha value is -2.21. The summed E-state index contributed by atoms with van der Waals surface area (Å²) < 4.78 is 2.73. The van der Waals surface area contributed by atoms with Gasteiger partial charge < -0.3 is 5.73 Å². The lowest BCUT2D eigenvalue weighted by Gasteiger charge is -2.02. The summed E-state index contributed by atoms with van der Waals surface area (Å²) in [4.78, 5) is 8.52. The molecule has 0 amide bonds. The van der Waals surface area contributed by atoms with Gasteiger partial charge in [0.2, 0.25) is 0 Å². The largest absolute Gasteiger partial charge is 0.396 e. The minimum Gasteiger partial charge on any atom is -0.396 e. The average Bonchev–Trinajstić information content (AvgIpc) is 2.81. The molecule has 0 aliphatic carbocycles. The molecule has 3 rings (SSSR count). The lowest BCUT2D eigenvalue weighted by Crippen LogP contribution is -1.97. The molecule has 0 radical (unpaired) electrons. The Morgan fingerprint density at radius 1 is 1.15 bits per heavy atom. The highest BCUT2D eigenvalue weighted by Crippen LogP contribution is 2.25. The zero-order valence-corrected chi connectivity index (χ0v) is 12.4. The van der Waals surface area contributed by atoms with Gasteiger partial charge in [-0.3, -0.25) is 9.97 Å².